The molecule has 0 aromatic heterocycles. The van der Waals surface area contributed by atoms with E-state index in [0.717, 1.165) is 13.0 Å². The Morgan fingerprint density at radius 3 is 2.55 bits per heavy atom. The molecule has 11 heavy (non-hydrogen) atoms. The minimum Gasteiger partial charge on any atom is -0.356 e. The summed E-state index contributed by atoms with van der Waals surface area (Å²) in [6, 6.07) is 0. The van der Waals surface area contributed by atoms with Crippen LogP contribution in [0.25, 0.3) is 0 Å². The molecule has 1 aliphatic rings. The molecule has 0 spiro atoms. The highest BCUT2D eigenvalue weighted by Crippen LogP contribution is 2.33. The molecule has 1 unspecified atom stereocenters. The van der Waals surface area contributed by atoms with Gasteiger partial charge in [-0.05, 0) is 17.8 Å². The lowest BCUT2D eigenvalue weighted by Crippen LogP contribution is -2.44. The zero-order valence-electron chi connectivity index (χ0n) is 7.61. The topological polar surface area (TPSA) is 29.1 Å². The van der Waals surface area contributed by atoms with Crippen LogP contribution in [0.15, 0.2) is 0 Å². The highest BCUT2D eigenvalue weighted by Gasteiger charge is 2.32. The molecule has 1 amide bonds. The van der Waals surface area contributed by atoms with Crippen molar-refractivity contribution in [1.29, 1.82) is 0 Å². The summed E-state index contributed by atoms with van der Waals surface area (Å²) in [5, 5.41) is 2.92. The highest BCUT2D eigenvalue weighted by molar-refractivity contribution is 5.76. The van der Waals surface area contributed by atoms with Gasteiger partial charge in [0.2, 0.25) is 5.91 Å². The summed E-state index contributed by atoms with van der Waals surface area (Å²) in [5.41, 5.74) is 0.327. The Balaban J connectivity index is 2.55. The molecule has 1 N–H and O–H groups in total. The van der Waals surface area contributed by atoms with Crippen molar-refractivity contribution in [3.8, 4) is 0 Å². The van der Waals surface area contributed by atoms with Crippen LogP contribution in [0, 0.1) is 11.3 Å². The second kappa shape index (κ2) is 2.84. The Morgan fingerprint density at radius 2 is 2.18 bits per heavy atom. The lowest BCUT2D eigenvalue weighted by molar-refractivity contribution is -0.124. The third kappa shape index (κ3) is 1.73. The molecule has 1 aliphatic heterocycles. The quantitative estimate of drug-likeness (QED) is 0.611. The molecular formula is C9H17NO. The normalized spacial score (nSPS) is 32.2. The first-order chi connectivity index (χ1) is 5.04. The van der Waals surface area contributed by atoms with Gasteiger partial charge in [-0.3, -0.25) is 4.79 Å². The van der Waals surface area contributed by atoms with E-state index in [-0.39, 0.29) is 5.91 Å². The van der Waals surface area contributed by atoms with Crippen molar-refractivity contribution in [2.75, 3.05) is 6.54 Å². The Labute approximate surface area is 68.4 Å². The van der Waals surface area contributed by atoms with E-state index in [2.05, 4.69) is 26.1 Å². The van der Waals surface area contributed by atoms with Gasteiger partial charge in [0.15, 0.2) is 0 Å². The van der Waals surface area contributed by atoms with Crippen molar-refractivity contribution in [3.63, 3.8) is 0 Å². The third-order valence-corrected chi connectivity index (χ3v) is 3.01. The van der Waals surface area contributed by atoms with Crippen LogP contribution in [-0.2, 0) is 4.79 Å². The number of hydrogen-bond acceptors (Lipinski definition) is 1. The molecule has 0 radical (unpaired) electrons. The number of carbonyl (C=O) groups excluding carboxylic acids is 1. The van der Waals surface area contributed by atoms with Gasteiger partial charge in [0, 0.05) is 13.0 Å². The van der Waals surface area contributed by atoms with Gasteiger partial charge in [0.05, 0.1) is 0 Å². The average molecular weight is 155 g/mol. The van der Waals surface area contributed by atoms with Crippen LogP contribution in [0.4, 0.5) is 0 Å². The van der Waals surface area contributed by atoms with E-state index in [4.69, 9.17) is 0 Å². The third-order valence-electron chi connectivity index (χ3n) is 3.01. The van der Waals surface area contributed by atoms with Crippen molar-refractivity contribution in [3.05, 3.63) is 0 Å². The molecule has 0 bridgehead atoms. The predicted octanol–water partition coefficient (Wildman–Crippen LogP) is 1.56. The Kier molecular flexibility index (Phi) is 2.21. The zero-order chi connectivity index (χ0) is 8.48. The van der Waals surface area contributed by atoms with Gasteiger partial charge in [-0.1, -0.05) is 20.8 Å². The number of amides is 1. The van der Waals surface area contributed by atoms with Gasteiger partial charge in [0.1, 0.15) is 0 Å². The summed E-state index contributed by atoms with van der Waals surface area (Å²) in [4.78, 5) is 10.9. The molecule has 0 saturated carbocycles. The summed E-state index contributed by atoms with van der Waals surface area (Å²) in [5.74, 6) is 0.867. The number of nitrogens with one attached hydrogen (secondary N) is 1. The lowest BCUT2D eigenvalue weighted by atomic mass is 9.74. The molecule has 1 fully saturated rings. The van der Waals surface area contributed by atoms with Crippen LogP contribution in [0.1, 0.15) is 33.6 Å². The number of carbonyl (C=O) groups is 1. The van der Waals surface area contributed by atoms with Crippen molar-refractivity contribution >= 4 is 5.91 Å². The lowest BCUT2D eigenvalue weighted by Gasteiger charge is -2.37. The van der Waals surface area contributed by atoms with Crippen molar-refractivity contribution < 1.29 is 4.79 Å². The second-order valence-corrected chi connectivity index (χ2v) is 4.09. The maximum Gasteiger partial charge on any atom is 0.220 e. The van der Waals surface area contributed by atoms with Gasteiger partial charge < -0.3 is 5.32 Å². The van der Waals surface area contributed by atoms with E-state index in [1.807, 2.05) is 0 Å². The molecule has 1 heterocycles. The van der Waals surface area contributed by atoms with Crippen molar-refractivity contribution in [2.24, 2.45) is 11.3 Å². The fourth-order valence-corrected chi connectivity index (χ4v) is 1.37. The summed E-state index contributed by atoms with van der Waals surface area (Å²) in [7, 11) is 0. The van der Waals surface area contributed by atoms with Gasteiger partial charge >= 0.3 is 0 Å². The van der Waals surface area contributed by atoms with Crippen molar-refractivity contribution in [2.45, 2.75) is 33.6 Å². The van der Waals surface area contributed by atoms with E-state index < -0.39 is 0 Å². The maximum atomic E-state index is 10.9. The van der Waals surface area contributed by atoms with Crippen molar-refractivity contribution in [1.82, 2.24) is 5.32 Å². The molecule has 0 aromatic rings. The number of piperidine rings is 1. The fraction of sp³-hybridized carbons (Fsp3) is 0.889. The number of rotatable bonds is 1. The van der Waals surface area contributed by atoms with Crippen LogP contribution in [-0.4, -0.2) is 12.5 Å². The van der Waals surface area contributed by atoms with E-state index in [9.17, 15) is 4.79 Å². The summed E-state index contributed by atoms with van der Waals surface area (Å²) < 4.78 is 0. The molecule has 1 saturated heterocycles. The Hall–Kier alpha value is -0.530. The van der Waals surface area contributed by atoms with E-state index >= 15 is 0 Å². The van der Waals surface area contributed by atoms with Gasteiger partial charge in [-0.2, -0.15) is 0 Å². The zero-order valence-corrected chi connectivity index (χ0v) is 7.61. The molecule has 64 valence electrons. The standard InChI is InChI=1S/C9H17NO/c1-7(2)9(3)5-4-8(11)10-6-9/h7H,4-6H2,1-3H3,(H,10,11). The second-order valence-electron chi connectivity index (χ2n) is 4.09. The Morgan fingerprint density at radius 1 is 1.55 bits per heavy atom. The van der Waals surface area contributed by atoms with E-state index in [0.29, 0.717) is 17.8 Å². The summed E-state index contributed by atoms with van der Waals surface area (Å²) >= 11 is 0. The van der Waals surface area contributed by atoms with E-state index in [1.165, 1.54) is 0 Å². The predicted molar refractivity (Wildman–Crippen MR) is 45.2 cm³/mol. The molecule has 0 aliphatic carbocycles. The molecular weight excluding hydrogens is 138 g/mol. The SMILES string of the molecule is CC(C)C1(C)CCC(=O)NC1. The Bertz CT molecular complexity index is 153. The van der Waals surface area contributed by atoms with Gasteiger partial charge in [-0.15, -0.1) is 0 Å². The first-order valence-corrected chi connectivity index (χ1v) is 4.31. The minimum atomic E-state index is 0.211. The van der Waals surface area contributed by atoms with Crippen LogP contribution < -0.4 is 5.32 Å². The molecule has 1 atom stereocenters. The average Bonchev–Trinajstić information content (AvgIpc) is 1.95. The molecule has 0 aromatic carbocycles. The first kappa shape index (κ1) is 8.57. The van der Waals surface area contributed by atoms with Gasteiger partial charge in [0.25, 0.3) is 0 Å². The van der Waals surface area contributed by atoms with Gasteiger partial charge in [-0.25, -0.2) is 0 Å². The minimum absolute atomic E-state index is 0.211. The van der Waals surface area contributed by atoms with Crippen LogP contribution in [0.5, 0.6) is 0 Å². The summed E-state index contributed by atoms with van der Waals surface area (Å²) in [6.07, 6.45) is 1.74. The largest absolute Gasteiger partial charge is 0.356 e. The monoisotopic (exact) mass is 155 g/mol. The summed E-state index contributed by atoms with van der Waals surface area (Å²) in [6.45, 7) is 7.54. The van der Waals surface area contributed by atoms with E-state index in [1.54, 1.807) is 0 Å². The smallest absolute Gasteiger partial charge is 0.220 e. The number of hydrogen-bond donors (Lipinski definition) is 1. The van der Waals surface area contributed by atoms with Crippen LogP contribution >= 0.6 is 0 Å². The fourth-order valence-electron chi connectivity index (χ4n) is 1.37. The van der Waals surface area contributed by atoms with Crippen LogP contribution in [0.2, 0.25) is 0 Å². The van der Waals surface area contributed by atoms with Crippen LogP contribution in [0.3, 0.4) is 0 Å². The first-order valence-electron chi connectivity index (χ1n) is 4.31. The molecule has 2 heteroatoms. The highest BCUT2D eigenvalue weighted by atomic mass is 16.1. The maximum absolute atomic E-state index is 10.9. The molecule has 2 nitrogen and oxygen atoms in total. The molecule has 1 rings (SSSR count).